The number of amides is 1. The van der Waals surface area contributed by atoms with Crippen LogP contribution in [0.4, 0.5) is 11.4 Å². The van der Waals surface area contributed by atoms with Gasteiger partial charge in [0.1, 0.15) is 5.25 Å². The van der Waals surface area contributed by atoms with Gasteiger partial charge in [-0.15, -0.1) is 23.1 Å². The summed E-state index contributed by atoms with van der Waals surface area (Å²) in [5.74, 6) is 2.14. The van der Waals surface area contributed by atoms with Gasteiger partial charge in [0.05, 0.1) is 11.4 Å². The van der Waals surface area contributed by atoms with Crippen LogP contribution in [0.3, 0.4) is 0 Å². The number of nitrogen functional groups attached to an aromatic ring is 1. The summed E-state index contributed by atoms with van der Waals surface area (Å²) in [4.78, 5) is 13.9. The molecule has 1 unspecified atom stereocenters. The number of nitrogens with one attached hydrogen (secondary N) is 1. The van der Waals surface area contributed by atoms with E-state index in [9.17, 15) is 4.79 Å². The zero-order chi connectivity index (χ0) is 15.1. The zero-order valence-electron chi connectivity index (χ0n) is 11.6. The number of ether oxygens (including phenoxy) is 2. The zero-order valence-corrected chi connectivity index (χ0v) is 13.3. The van der Waals surface area contributed by atoms with Crippen LogP contribution in [0.1, 0.15) is 15.7 Å². The highest BCUT2D eigenvalue weighted by molar-refractivity contribution is 8.00. The number of carbonyl (C=O) groups excluding carboxylic acids is 1. The van der Waals surface area contributed by atoms with Crippen LogP contribution in [-0.2, 0) is 11.2 Å². The van der Waals surface area contributed by atoms with Gasteiger partial charge >= 0.3 is 0 Å². The summed E-state index contributed by atoms with van der Waals surface area (Å²) in [5.41, 5.74) is 8.16. The van der Waals surface area contributed by atoms with E-state index in [0.717, 1.165) is 17.7 Å². The van der Waals surface area contributed by atoms with Gasteiger partial charge < -0.3 is 20.5 Å². The molecule has 7 heteroatoms. The van der Waals surface area contributed by atoms with E-state index < -0.39 is 0 Å². The molecule has 4 rings (SSSR count). The fourth-order valence-electron chi connectivity index (χ4n) is 2.63. The molecule has 0 bridgehead atoms. The first-order valence-corrected chi connectivity index (χ1v) is 8.83. The van der Waals surface area contributed by atoms with Crippen LogP contribution in [0.2, 0.25) is 0 Å². The fourth-order valence-corrected chi connectivity index (χ4v) is 4.92. The third kappa shape index (κ3) is 2.30. The van der Waals surface area contributed by atoms with Gasteiger partial charge in [0, 0.05) is 17.0 Å². The molecule has 5 nitrogen and oxygen atoms in total. The Kier molecular flexibility index (Phi) is 3.38. The molecule has 2 aliphatic rings. The number of benzene rings is 1. The van der Waals surface area contributed by atoms with Crippen LogP contribution in [-0.4, -0.2) is 18.5 Å². The van der Waals surface area contributed by atoms with Crippen molar-refractivity contribution >= 4 is 40.4 Å². The Morgan fingerprint density at radius 3 is 3.00 bits per heavy atom. The number of rotatable bonds is 2. The maximum atomic E-state index is 12.6. The van der Waals surface area contributed by atoms with Crippen LogP contribution in [0, 0.1) is 0 Å². The molecule has 0 saturated carbocycles. The number of thiophene rings is 1. The van der Waals surface area contributed by atoms with Gasteiger partial charge in [0.15, 0.2) is 11.5 Å². The Morgan fingerprint density at radius 1 is 1.32 bits per heavy atom. The van der Waals surface area contributed by atoms with E-state index in [-0.39, 0.29) is 18.0 Å². The Bertz CT molecular complexity index is 744. The molecule has 1 aromatic carbocycles. The van der Waals surface area contributed by atoms with Gasteiger partial charge in [-0.2, -0.15) is 0 Å². The first-order chi connectivity index (χ1) is 10.7. The first-order valence-electron chi connectivity index (χ1n) is 6.90. The van der Waals surface area contributed by atoms with Crippen molar-refractivity contribution in [3.05, 3.63) is 34.0 Å². The second kappa shape index (κ2) is 5.40. The second-order valence-electron chi connectivity index (χ2n) is 5.08. The molecule has 1 amide bonds. The van der Waals surface area contributed by atoms with Crippen molar-refractivity contribution in [2.45, 2.75) is 11.7 Å². The summed E-state index contributed by atoms with van der Waals surface area (Å²) in [5, 5.41) is 4.79. The van der Waals surface area contributed by atoms with Crippen molar-refractivity contribution in [1.82, 2.24) is 0 Å². The van der Waals surface area contributed by atoms with Gasteiger partial charge in [-0.1, -0.05) is 0 Å². The highest BCUT2D eigenvalue weighted by Crippen LogP contribution is 2.42. The molecule has 0 saturated heterocycles. The number of aryl methyl sites for hydroxylation is 1. The Morgan fingerprint density at radius 2 is 2.14 bits per heavy atom. The predicted molar refractivity (Wildman–Crippen MR) is 88.8 cm³/mol. The predicted octanol–water partition coefficient (Wildman–Crippen LogP) is 3.03. The van der Waals surface area contributed by atoms with E-state index in [0.29, 0.717) is 22.9 Å². The molecule has 0 aliphatic carbocycles. The normalized spacial score (nSPS) is 18.8. The quantitative estimate of drug-likeness (QED) is 0.826. The van der Waals surface area contributed by atoms with E-state index >= 15 is 0 Å². The molecule has 0 radical (unpaired) electrons. The molecule has 114 valence electrons. The Hall–Kier alpha value is -1.86. The Balaban J connectivity index is 1.59. The minimum atomic E-state index is -0.181. The summed E-state index contributed by atoms with van der Waals surface area (Å²) < 4.78 is 10.6. The lowest BCUT2D eigenvalue weighted by Gasteiger charge is -2.22. The molecule has 0 fully saturated rings. The average Bonchev–Trinajstić information content (AvgIpc) is 3.15. The molecule has 3 heterocycles. The molecule has 1 atom stereocenters. The molecule has 0 spiro atoms. The smallest absolute Gasteiger partial charge is 0.242 e. The van der Waals surface area contributed by atoms with Gasteiger partial charge in [0.25, 0.3) is 0 Å². The van der Waals surface area contributed by atoms with E-state index in [2.05, 4.69) is 5.32 Å². The van der Waals surface area contributed by atoms with Crippen molar-refractivity contribution in [2.24, 2.45) is 0 Å². The number of anilines is 2. The second-order valence-corrected chi connectivity index (χ2v) is 7.30. The van der Waals surface area contributed by atoms with E-state index in [1.807, 2.05) is 11.4 Å². The van der Waals surface area contributed by atoms with E-state index in [1.54, 1.807) is 35.2 Å². The molecule has 3 N–H and O–H groups in total. The average molecular weight is 334 g/mol. The number of nitrogens with two attached hydrogens (primary N) is 1. The van der Waals surface area contributed by atoms with Crippen molar-refractivity contribution in [1.29, 1.82) is 0 Å². The van der Waals surface area contributed by atoms with E-state index in [4.69, 9.17) is 15.2 Å². The molecule has 22 heavy (non-hydrogen) atoms. The summed E-state index contributed by atoms with van der Waals surface area (Å²) in [7, 11) is 0. The number of thioether (sulfide) groups is 1. The summed E-state index contributed by atoms with van der Waals surface area (Å²) >= 11 is 3.38. The van der Waals surface area contributed by atoms with E-state index in [1.165, 1.54) is 4.88 Å². The third-order valence-corrected chi connectivity index (χ3v) is 5.95. The molecule has 1 aromatic heterocycles. The lowest BCUT2D eigenvalue weighted by atomic mass is 10.1. The SMILES string of the molecule is Nc1cc2c(cc1NC(=O)C1SCCc3sccc31)OCO2. The van der Waals surface area contributed by atoms with Crippen LogP contribution in [0.5, 0.6) is 11.5 Å². The number of fused-ring (bicyclic) bond motifs is 2. The van der Waals surface area contributed by atoms with Crippen LogP contribution < -0.4 is 20.5 Å². The molecular formula is C15H14N2O3S2. The van der Waals surface area contributed by atoms with Gasteiger partial charge in [0.2, 0.25) is 12.7 Å². The van der Waals surface area contributed by atoms with Crippen molar-refractivity contribution in [2.75, 3.05) is 23.6 Å². The largest absolute Gasteiger partial charge is 0.454 e. The van der Waals surface area contributed by atoms with Gasteiger partial charge in [-0.05, 0) is 29.2 Å². The lowest BCUT2D eigenvalue weighted by Crippen LogP contribution is -2.22. The fraction of sp³-hybridized carbons (Fsp3) is 0.267. The minimum Gasteiger partial charge on any atom is -0.454 e. The number of hydrogen-bond acceptors (Lipinski definition) is 6. The molecule has 2 aliphatic heterocycles. The maximum absolute atomic E-state index is 12.6. The monoisotopic (exact) mass is 334 g/mol. The standard InChI is InChI=1S/C15H14N2O3S2/c16-9-5-11-12(20-7-19-11)6-10(9)17-15(18)14-8-1-3-21-13(8)2-4-22-14/h1,3,5-6,14H,2,4,7,16H2,(H,17,18). The topological polar surface area (TPSA) is 73.6 Å². The van der Waals surface area contributed by atoms with Gasteiger partial charge in [-0.3, -0.25) is 4.79 Å². The van der Waals surface area contributed by atoms with Crippen molar-refractivity contribution in [3.63, 3.8) is 0 Å². The number of hydrogen-bond donors (Lipinski definition) is 2. The van der Waals surface area contributed by atoms with Crippen LogP contribution in [0.15, 0.2) is 23.6 Å². The lowest BCUT2D eigenvalue weighted by molar-refractivity contribution is -0.115. The van der Waals surface area contributed by atoms with Gasteiger partial charge in [-0.25, -0.2) is 0 Å². The van der Waals surface area contributed by atoms with Crippen molar-refractivity contribution in [3.8, 4) is 11.5 Å². The highest BCUT2D eigenvalue weighted by atomic mass is 32.2. The maximum Gasteiger partial charge on any atom is 0.242 e. The summed E-state index contributed by atoms with van der Waals surface area (Å²) in [6.45, 7) is 0.183. The van der Waals surface area contributed by atoms with Crippen LogP contribution in [0.25, 0.3) is 0 Å². The van der Waals surface area contributed by atoms with Crippen LogP contribution >= 0.6 is 23.1 Å². The minimum absolute atomic E-state index is 0.0464. The van der Waals surface area contributed by atoms with Crippen molar-refractivity contribution < 1.29 is 14.3 Å². The Labute approximate surface area is 135 Å². The first kappa shape index (κ1) is 13.8. The summed E-state index contributed by atoms with van der Waals surface area (Å²) in [6, 6.07) is 5.44. The summed E-state index contributed by atoms with van der Waals surface area (Å²) in [6.07, 6.45) is 1.04. The third-order valence-electron chi connectivity index (χ3n) is 3.72. The molecule has 2 aromatic rings. The molecular weight excluding hydrogens is 320 g/mol. The number of carbonyl (C=O) groups is 1. The highest BCUT2D eigenvalue weighted by Gasteiger charge is 2.28.